The molecule has 2 amide bonds. The molecule has 0 aromatic carbocycles. The maximum absolute atomic E-state index is 12.4. The number of nitrogens with zero attached hydrogens (tertiary/aromatic N) is 2. The highest BCUT2D eigenvalue weighted by molar-refractivity contribution is 5.83. The molecular weight excluding hydrogens is 277 g/mol. The van der Waals surface area contributed by atoms with Gasteiger partial charge in [-0.05, 0) is 25.7 Å². The minimum Gasteiger partial charge on any atom is -0.480 e. The van der Waals surface area contributed by atoms with Gasteiger partial charge in [-0.15, -0.1) is 0 Å². The molecule has 1 rings (SSSR count). The molecule has 1 fully saturated rings. The lowest BCUT2D eigenvalue weighted by molar-refractivity contribution is -0.146. The minimum atomic E-state index is -4.49. The minimum absolute atomic E-state index is 0.114. The smallest absolute Gasteiger partial charge is 0.406 e. The molecule has 0 bridgehead atoms. The molecule has 2 atom stereocenters. The summed E-state index contributed by atoms with van der Waals surface area (Å²) in [7, 11) is 0. The van der Waals surface area contributed by atoms with E-state index >= 15 is 0 Å². The van der Waals surface area contributed by atoms with Gasteiger partial charge in [0.05, 0.1) is 0 Å². The van der Waals surface area contributed by atoms with Gasteiger partial charge < -0.3 is 14.9 Å². The molecular formula is C12H19F3N2O3. The van der Waals surface area contributed by atoms with Crippen molar-refractivity contribution in [1.82, 2.24) is 9.80 Å². The lowest BCUT2D eigenvalue weighted by atomic mass is 9.92. The number of alkyl halides is 3. The van der Waals surface area contributed by atoms with E-state index < -0.39 is 30.8 Å². The van der Waals surface area contributed by atoms with E-state index in [1.165, 1.54) is 6.92 Å². The van der Waals surface area contributed by atoms with Crippen LogP contribution < -0.4 is 0 Å². The standard InChI is InChI=1S/C12H19F3N2O3/c1-3-16(7-12(13,14)15)11(20)17-5-4-8(2)6-9(17)10(18)19/h8-9H,3-7H2,1-2H3,(H,18,19). The lowest BCUT2D eigenvalue weighted by Crippen LogP contribution is -2.55. The topological polar surface area (TPSA) is 60.9 Å². The Kier molecular flexibility index (Phi) is 5.24. The highest BCUT2D eigenvalue weighted by Gasteiger charge is 2.39. The number of hydrogen-bond acceptors (Lipinski definition) is 2. The van der Waals surface area contributed by atoms with Crippen molar-refractivity contribution in [3.05, 3.63) is 0 Å². The zero-order chi connectivity index (χ0) is 15.5. The molecule has 0 aromatic rings. The molecule has 1 heterocycles. The molecule has 0 aliphatic carbocycles. The molecule has 0 saturated carbocycles. The predicted molar refractivity (Wildman–Crippen MR) is 65.2 cm³/mol. The zero-order valence-electron chi connectivity index (χ0n) is 11.5. The second-order valence-corrected chi connectivity index (χ2v) is 5.09. The van der Waals surface area contributed by atoms with Crippen LogP contribution in [0.4, 0.5) is 18.0 Å². The molecule has 0 spiro atoms. The van der Waals surface area contributed by atoms with Crippen LogP contribution in [0.3, 0.4) is 0 Å². The summed E-state index contributed by atoms with van der Waals surface area (Å²) in [5.74, 6) is -1.04. The summed E-state index contributed by atoms with van der Waals surface area (Å²) in [6.07, 6.45) is -3.63. The molecule has 1 saturated heterocycles. The molecule has 0 radical (unpaired) electrons. The third kappa shape index (κ3) is 4.28. The Labute approximate surface area is 115 Å². The van der Waals surface area contributed by atoms with Crippen molar-refractivity contribution in [2.75, 3.05) is 19.6 Å². The average molecular weight is 296 g/mol. The van der Waals surface area contributed by atoms with Crippen molar-refractivity contribution in [2.45, 2.75) is 38.9 Å². The van der Waals surface area contributed by atoms with Crippen molar-refractivity contribution in [3.63, 3.8) is 0 Å². The van der Waals surface area contributed by atoms with Gasteiger partial charge in [0.25, 0.3) is 0 Å². The summed E-state index contributed by atoms with van der Waals surface area (Å²) < 4.78 is 37.2. The first-order valence-corrected chi connectivity index (χ1v) is 6.50. The number of carbonyl (C=O) groups is 2. The van der Waals surface area contributed by atoms with Crippen LogP contribution in [0.25, 0.3) is 0 Å². The second kappa shape index (κ2) is 6.32. The van der Waals surface area contributed by atoms with Gasteiger partial charge in [0, 0.05) is 13.1 Å². The number of aliphatic carboxylic acids is 1. The van der Waals surface area contributed by atoms with Gasteiger partial charge in [0.15, 0.2) is 0 Å². The Morgan fingerprint density at radius 2 is 2.00 bits per heavy atom. The van der Waals surface area contributed by atoms with Crippen molar-refractivity contribution < 1.29 is 27.9 Å². The van der Waals surface area contributed by atoms with Gasteiger partial charge in [-0.25, -0.2) is 9.59 Å². The van der Waals surface area contributed by atoms with Crippen LogP contribution in [0.2, 0.25) is 0 Å². The highest BCUT2D eigenvalue weighted by atomic mass is 19.4. The third-order valence-corrected chi connectivity index (χ3v) is 3.42. The van der Waals surface area contributed by atoms with Crippen LogP contribution in [0, 0.1) is 5.92 Å². The number of carboxylic acid groups (broad SMARTS) is 1. The quantitative estimate of drug-likeness (QED) is 0.868. The Bertz CT molecular complexity index is 373. The summed E-state index contributed by atoms with van der Waals surface area (Å²) >= 11 is 0. The maximum Gasteiger partial charge on any atom is 0.406 e. The number of hydrogen-bond donors (Lipinski definition) is 1. The van der Waals surface area contributed by atoms with E-state index in [0.29, 0.717) is 11.3 Å². The fourth-order valence-electron chi connectivity index (χ4n) is 2.32. The number of urea groups is 1. The van der Waals surface area contributed by atoms with Gasteiger partial charge in [-0.1, -0.05) is 6.92 Å². The van der Waals surface area contributed by atoms with Gasteiger partial charge in [-0.3, -0.25) is 0 Å². The number of likely N-dealkylation sites (tertiary alicyclic amines) is 1. The first kappa shape index (κ1) is 16.6. The first-order chi connectivity index (χ1) is 9.15. The van der Waals surface area contributed by atoms with Crippen molar-refractivity contribution in [3.8, 4) is 0 Å². The van der Waals surface area contributed by atoms with Crippen LogP contribution in [-0.4, -0.2) is 58.8 Å². The fourth-order valence-corrected chi connectivity index (χ4v) is 2.32. The molecule has 0 aromatic heterocycles. The van der Waals surface area contributed by atoms with E-state index in [1.54, 1.807) is 0 Å². The summed E-state index contributed by atoms with van der Waals surface area (Å²) in [4.78, 5) is 25.0. The summed E-state index contributed by atoms with van der Waals surface area (Å²) in [5, 5.41) is 9.13. The van der Waals surface area contributed by atoms with E-state index in [0.717, 1.165) is 4.90 Å². The van der Waals surface area contributed by atoms with Crippen LogP contribution in [0.5, 0.6) is 0 Å². The van der Waals surface area contributed by atoms with E-state index in [-0.39, 0.29) is 25.4 Å². The number of carboxylic acids is 1. The van der Waals surface area contributed by atoms with Crippen molar-refractivity contribution in [1.29, 1.82) is 0 Å². The number of rotatable bonds is 3. The normalized spacial score (nSPS) is 23.6. The average Bonchev–Trinajstić information content (AvgIpc) is 2.33. The van der Waals surface area contributed by atoms with Gasteiger partial charge >= 0.3 is 18.2 Å². The molecule has 1 aliphatic rings. The highest BCUT2D eigenvalue weighted by Crippen LogP contribution is 2.25. The lowest BCUT2D eigenvalue weighted by Gasteiger charge is -2.39. The number of halogens is 3. The third-order valence-electron chi connectivity index (χ3n) is 3.42. The number of piperidine rings is 1. The van der Waals surface area contributed by atoms with E-state index in [4.69, 9.17) is 5.11 Å². The Hall–Kier alpha value is -1.47. The van der Waals surface area contributed by atoms with Crippen molar-refractivity contribution in [2.24, 2.45) is 5.92 Å². The van der Waals surface area contributed by atoms with Crippen LogP contribution in [0.1, 0.15) is 26.7 Å². The van der Waals surface area contributed by atoms with Crippen molar-refractivity contribution >= 4 is 12.0 Å². The molecule has 1 aliphatic heterocycles. The molecule has 116 valence electrons. The number of carbonyl (C=O) groups excluding carboxylic acids is 1. The monoisotopic (exact) mass is 296 g/mol. The van der Waals surface area contributed by atoms with E-state index in [9.17, 15) is 22.8 Å². The summed E-state index contributed by atoms with van der Waals surface area (Å²) in [5.41, 5.74) is 0. The van der Waals surface area contributed by atoms with Gasteiger partial charge in [0.1, 0.15) is 12.6 Å². The maximum atomic E-state index is 12.4. The van der Waals surface area contributed by atoms with E-state index in [1.807, 2.05) is 6.92 Å². The Morgan fingerprint density at radius 1 is 1.40 bits per heavy atom. The summed E-state index contributed by atoms with van der Waals surface area (Å²) in [6.45, 7) is 2.00. The van der Waals surface area contributed by atoms with Crippen LogP contribution >= 0.6 is 0 Å². The van der Waals surface area contributed by atoms with E-state index in [2.05, 4.69) is 0 Å². The Balaban J connectivity index is 2.84. The van der Waals surface area contributed by atoms with Gasteiger partial charge in [0.2, 0.25) is 0 Å². The SMILES string of the molecule is CCN(CC(F)(F)F)C(=O)N1CCC(C)CC1C(=O)O. The first-order valence-electron chi connectivity index (χ1n) is 6.50. The van der Waals surface area contributed by atoms with Crippen LogP contribution in [-0.2, 0) is 4.79 Å². The fraction of sp³-hybridized carbons (Fsp3) is 0.833. The van der Waals surface area contributed by atoms with Crippen LogP contribution in [0.15, 0.2) is 0 Å². The molecule has 5 nitrogen and oxygen atoms in total. The predicted octanol–water partition coefficient (Wildman–Crippen LogP) is 2.18. The zero-order valence-corrected chi connectivity index (χ0v) is 11.5. The molecule has 2 unspecified atom stereocenters. The second-order valence-electron chi connectivity index (χ2n) is 5.09. The molecule has 20 heavy (non-hydrogen) atoms. The molecule has 8 heteroatoms. The largest absolute Gasteiger partial charge is 0.480 e. The summed E-state index contributed by atoms with van der Waals surface area (Å²) in [6, 6.07) is -1.90. The Morgan fingerprint density at radius 3 is 2.45 bits per heavy atom. The molecule has 1 N–H and O–H groups in total. The number of amides is 2. The van der Waals surface area contributed by atoms with Gasteiger partial charge in [-0.2, -0.15) is 13.2 Å².